The third kappa shape index (κ3) is 4.23. The molecule has 2 aromatic rings. The van der Waals surface area contributed by atoms with Crippen LogP contribution in [0.1, 0.15) is 31.0 Å². The molecule has 0 spiro atoms. The average Bonchev–Trinajstić information content (AvgIpc) is 2.46. The highest BCUT2D eigenvalue weighted by atomic mass is 19.1. The summed E-state index contributed by atoms with van der Waals surface area (Å²) in [5.41, 5.74) is 1.41. The third-order valence-corrected chi connectivity index (χ3v) is 3.12. The summed E-state index contributed by atoms with van der Waals surface area (Å²) in [7, 11) is 0. The number of ether oxygens (including phenoxy) is 1. The molecule has 1 heterocycles. The van der Waals surface area contributed by atoms with Crippen molar-refractivity contribution in [3.05, 3.63) is 59.4 Å². The minimum atomic E-state index is -0.439. The minimum absolute atomic E-state index is 0.0732. The second-order valence-corrected chi connectivity index (χ2v) is 4.77. The summed E-state index contributed by atoms with van der Waals surface area (Å²) in [4.78, 5) is 3.72. The first-order chi connectivity index (χ1) is 10.1. The molecule has 1 atom stereocenters. The number of hydrogen-bond donors (Lipinski definition) is 1. The molecule has 0 bridgehead atoms. The van der Waals surface area contributed by atoms with Crippen LogP contribution in [-0.2, 0) is 6.61 Å². The van der Waals surface area contributed by atoms with Gasteiger partial charge in [0.2, 0.25) is 0 Å². The summed E-state index contributed by atoms with van der Waals surface area (Å²) < 4.78 is 32.3. The second kappa shape index (κ2) is 7.13. The van der Waals surface area contributed by atoms with Crippen molar-refractivity contribution in [3.63, 3.8) is 0 Å². The van der Waals surface area contributed by atoms with E-state index < -0.39 is 11.6 Å². The molecule has 1 aromatic heterocycles. The molecule has 1 unspecified atom stereocenters. The van der Waals surface area contributed by atoms with Crippen LogP contribution in [0.4, 0.5) is 8.78 Å². The van der Waals surface area contributed by atoms with Gasteiger partial charge in [-0.2, -0.15) is 0 Å². The van der Waals surface area contributed by atoms with Crippen molar-refractivity contribution in [2.75, 3.05) is 6.54 Å². The van der Waals surface area contributed by atoms with Crippen molar-refractivity contribution in [3.8, 4) is 5.75 Å². The normalized spacial score (nSPS) is 12.2. The highest BCUT2D eigenvalue weighted by Gasteiger charge is 2.09. The summed E-state index contributed by atoms with van der Waals surface area (Å²) in [6.45, 7) is 4.85. The van der Waals surface area contributed by atoms with E-state index in [1.807, 2.05) is 19.9 Å². The van der Waals surface area contributed by atoms with E-state index in [0.717, 1.165) is 18.3 Å². The monoisotopic (exact) mass is 292 g/mol. The Morgan fingerprint density at radius 3 is 2.71 bits per heavy atom. The fraction of sp³-hybridized carbons (Fsp3) is 0.312. The molecular weight excluding hydrogens is 274 g/mol. The van der Waals surface area contributed by atoms with Crippen LogP contribution >= 0.6 is 0 Å². The summed E-state index contributed by atoms with van der Waals surface area (Å²) >= 11 is 0. The second-order valence-electron chi connectivity index (χ2n) is 4.77. The SMILES string of the molecule is CCNC(C)c1ccc(OCc2cncc(F)c2)c(F)c1. The van der Waals surface area contributed by atoms with E-state index in [-0.39, 0.29) is 18.4 Å². The Kier molecular flexibility index (Phi) is 5.22. The van der Waals surface area contributed by atoms with Gasteiger partial charge in [0.1, 0.15) is 12.4 Å². The Morgan fingerprint density at radius 1 is 1.24 bits per heavy atom. The van der Waals surface area contributed by atoms with Gasteiger partial charge in [0.05, 0.1) is 6.20 Å². The molecule has 0 fully saturated rings. The predicted octanol–water partition coefficient (Wildman–Crippen LogP) is 3.61. The average molecular weight is 292 g/mol. The Bertz CT molecular complexity index is 605. The lowest BCUT2D eigenvalue weighted by atomic mass is 10.1. The van der Waals surface area contributed by atoms with Gasteiger partial charge in [-0.25, -0.2) is 8.78 Å². The molecule has 21 heavy (non-hydrogen) atoms. The Labute approximate surface area is 123 Å². The van der Waals surface area contributed by atoms with Crippen LogP contribution in [0, 0.1) is 11.6 Å². The molecule has 3 nitrogen and oxygen atoms in total. The zero-order valence-electron chi connectivity index (χ0n) is 12.1. The van der Waals surface area contributed by atoms with Gasteiger partial charge in [0, 0.05) is 17.8 Å². The number of pyridine rings is 1. The predicted molar refractivity (Wildman–Crippen MR) is 77.0 cm³/mol. The van der Waals surface area contributed by atoms with Crippen LogP contribution in [0.5, 0.6) is 5.75 Å². The summed E-state index contributed by atoms with van der Waals surface area (Å²) in [5, 5.41) is 3.22. The maximum atomic E-state index is 14.0. The number of halogens is 2. The topological polar surface area (TPSA) is 34.1 Å². The number of nitrogens with zero attached hydrogens (tertiary/aromatic N) is 1. The summed E-state index contributed by atoms with van der Waals surface area (Å²) in [6, 6.07) is 6.24. The van der Waals surface area contributed by atoms with E-state index in [0.29, 0.717) is 5.56 Å². The lowest BCUT2D eigenvalue weighted by Gasteiger charge is -2.14. The first kappa shape index (κ1) is 15.4. The fourth-order valence-electron chi connectivity index (χ4n) is 2.02. The van der Waals surface area contributed by atoms with Crippen molar-refractivity contribution in [2.24, 2.45) is 0 Å². The standard InChI is InChI=1S/C16H18F2N2O/c1-3-20-11(2)13-4-5-16(15(18)7-13)21-10-12-6-14(17)9-19-8-12/h4-9,11,20H,3,10H2,1-2H3. The Morgan fingerprint density at radius 2 is 2.05 bits per heavy atom. The van der Waals surface area contributed by atoms with Crippen LogP contribution in [0.3, 0.4) is 0 Å². The molecule has 0 aliphatic heterocycles. The van der Waals surface area contributed by atoms with Gasteiger partial charge >= 0.3 is 0 Å². The Balaban J connectivity index is 2.04. The molecule has 0 amide bonds. The van der Waals surface area contributed by atoms with Crippen molar-refractivity contribution in [2.45, 2.75) is 26.5 Å². The van der Waals surface area contributed by atoms with Crippen molar-refractivity contribution >= 4 is 0 Å². The van der Waals surface area contributed by atoms with E-state index in [9.17, 15) is 8.78 Å². The molecule has 0 aliphatic carbocycles. The van der Waals surface area contributed by atoms with Gasteiger partial charge in [-0.3, -0.25) is 4.98 Å². The van der Waals surface area contributed by atoms with Crippen molar-refractivity contribution in [1.29, 1.82) is 0 Å². The molecule has 112 valence electrons. The summed E-state index contributed by atoms with van der Waals surface area (Å²) in [6.07, 6.45) is 2.60. The number of nitrogens with one attached hydrogen (secondary N) is 1. The van der Waals surface area contributed by atoms with Crippen LogP contribution in [0.2, 0.25) is 0 Å². The summed E-state index contributed by atoms with van der Waals surface area (Å²) in [5.74, 6) is -0.722. The quantitative estimate of drug-likeness (QED) is 0.883. The van der Waals surface area contributed by atoms with E-state index >= 15 is 0 Å². The van der Waals surface area contributed by atoms with Gasteiger partial charge in [-0.15, -0.1) is 0 Å². The van der Waals surface area contributed by atoms with Crippen LogP contribution in [0.15, 0.2) is 36.7 Å². The fourth-order valence-corrected chi connectivity index (χ4v) is 2.02. The van der Waals surface area contributed by atoms with Crippen LogP contribution < -0.4 is 10.1 Å². The highest BCUT2D eigenvalue weighted by molar-refractivity contribution is 5.31. The van der Waals surface area contributed by atoms with Gasteiger partial charge in [-0.05, 0) is 37.2 Å². The molecular formula is C16H18F2N2O. The first-order valence-electron chi connectivity index (χ1n) is 6.85. The molecule has 0 aliphatic rings. The van der Waals surface area contributed by atoms with E-state index in [1.54, 1.807) is 6.07 Å². The zero-order valence-corrected chi connectivity index (χ0v) is 12.1. The van der Waals surface area contributed by atoms with Gasteiger partial charge in [-0.1, -0.05) is 13.0 Å². The largest absolute Gasteiger partial charge is 0.486 e. The smallest absolute Gasteiger partial charge is 0.165 e. The lowest BCUT2D eigenvalue weighted by molar-refractivity contribution is 0.289. The molecule has 0 saturated carbocycles. The molecule has 0 saturated heterocycles. The molecule has 0 radical (unpaired) electrons. The van der Waals surface area contributed by atoms with E-state index in [1.165, 1.54) is 18.3 Å². The van der Waals surface area contributed by atoms with Crippen LogP contribution in [0.25, 0.3) is 0 Å². The Hall–Kier alpha value is -2.01. The minimum Gasteiger partial charge on any atom is -0.486 e. The van der Waals surface area contributed by atoms with Gasteiger partial charge < -0.3 is 10.1 Å². The maximum absolute atomic E-state index is 14.0. The zero-order chi connectivity index (χ0) is 15.2. The van der Waals surface area contributed by atoms with E-state index in [4.69, 9.17) is 4.74 Å². The number of benzene rings is 1. The van der Waals surface area contributed by atoms with Crippen LogP contribution in [-0.4, -0.2) is 11.5 Å². The van der Waals surface area contributed by atoms with Gasteiger partial charge in [0.25, 0.3) is 0 Å². The first-order valence-corrected chi connectivity index (χ1v) is 6.85. The molecule has 2 rings (SSSR count). The number of hydrogen-bond acceptors (Lipinski definition) is 3. The van der Waals surface area contributed by atoms with Crippen molar-refractivity contribution < 1.29 is 13.5 Å². The van der Waals surface area contributed by atoms with Gasteiger partial charge in [0.15, 0.2) is 11.6 Å². The lowest BCUT2D eigenvalue weighted by Crippen LogP contribution is -2.17. The molecule has 5 heteroatoms. The van der Waals surface area contributed by atoms with Crippen molar-refractivity contribution in [1.82, 2.24) is 10.3 Å². The molecule has 1 aromatic carbocycles. The van der Waals surface area contributed by atoms with E-state index in [2.05, 4.69) is 10.3 Å². The number of aromatic nitrogens is 1. The third-order valence-electron chi connectivity index (χ3n) is 3.12. The highest BCUT2D eigenvalue weighted by Crippen LogP contribution is 2.23. The molecule has 1 N–H and O–H groups in total. The number of rotatable bonds is 6. The maximum Gasteiger partial charge on any atom is 0.165 e.